The summed E-state index contributed by atoms with van der Waals surface area (Å²) in [4.78, 5) is 11.7. The van der Waals surface area contributed by atoms with Gasteiger partial charge in [0.05, 0.1) is 11.6 Å². The summed E-state index contributed by atoms with van der Waals surface area (Å²) in [7, 11) is 0. The lowest BCUT2D eigenvalue weighted by atomic mass is 10.0. The summed E-state index contributed by atoms with van der Waals surface area (Å²) >= 11 is 0. The summed E-state index contributed by atoms with van der Waals surface area (Å²) in [6.45, 7) is 4.82. The van der Waals surface area contributed by atoms with Gasteiger partial charge in [0.15, 0.2) is 0 Å². The maximum Gasteiger partial charge on any atom is 0.246 e. The van der Waals surface area contributed by atoms with E-state index in [1.807, 2.05) is 6.92 Å². The Hall–Kier alpha value is -1.53. The molecule has 1 aliphatic heterocycles. The van der Waals surface area contributed by atoms with Crippen LogP contribution in [0.25, 0.3) is 0 Å². The van der Waals surface area contributed by atoms with E-state index in [1.54, 1.807) is 6.92 Å². The van der Waals surface area contributed by atoms with Crippen molar-refractivity contribution in [1.29, 1.82) is 0 Å². The maximum atomic E-state index is 13.6. The van der Waals surface area contributed by atoms with Crippen LogP contribution in [0.5, 0.6) is 0 Å². The fourth-order valence-corrected chi connectivity index (χ4v) is 2.03. The minimum atomic E-state index is -0.617. The summed E-state index contributed by atoms with van der Waals surface area (Å²) < 4.78 is 32.1. The fraction of sp³-hybridized carbons (Fsp3) is 0.500. The molecule has 1 unspecified atom stereocenters. The van der Waals surface area contributed by atoms with Crippen LogP contribution < -0.4 is 10.6 Å². The van der Waals surface area contributed by atoms with Crippen LogP contribution in [0.1, 0.15) is 25.5 Å². The molecule has 110 valence electrons. The first-order valence-electron chi connectivity index (χ1n) is 6.49. The summed E-state index contributed by atoms with van der Waals surface area (Å²) in [5.74, 6) is -1.43. The first-order chi connectivity index (χ1) is 9.39. The Kier molecular flexibility index (Phi) is 4.35. The summed E-state index contributed by atoms with van der Waals surface area (Å²) in [5, 5.41) is 5.65. The lowest BCUT2D eigenvalue weighted by molar-refractivity contribution is -0.136. The molecule has 1 amide bonds. The van der Waals surface area contributed by atoms with Crippen LogP contribution in [0.2, 0.25) is 0 Å². The van der Waals surface area contributed by atoms with Crippen LogP contribution >= 0.6 is 0 Å². The van der Waals surface area contributed by atoms with Gasteiger partial charge in [-0.1, -0.05) is 0 Å². The molecule has 0 radical (unpaired) electrons. The predicted octanol–water partition coefficient (Wildman–Crippen LogP) is 1.52. The third-order valence-electron chi connectivity index (χ3n) is 3.35. The van der Waals surface area contributed by atoms with Gasteiger partial charge < -0.3 is 15.4 Å². The van der Waals surface area contributed by atoms with Crippen molar-refractivity contribution < 1.29 is 18.3 Å². The molecule has 2 N–H and O–H groups in total. The van der Waals surface area contributed by atoms with Crippen molar-refractivity contribution in [3.05, 3.63) is 35.4 Å². The topological polar surface area (TPSA) is 50.4 Å². The Morgan fingerprint density at radius 1 is 1.50 bits per heavy atom. The van der Waals surface area contributed by atoms with E-state index in [-0.39, 0.29) is 23.7 Å². The van der Waals surface area contributed by atoms with Crippen molar-refractivity contribution in [2.45, 2.75) is 25.5 Å². The average Bonchev–Trinajstić information content (AvgIpc) is 2.37. The number of hydrogen-bond donors (Lipinski definition) is 2. The summed E-state index contributed by atoms with van der Waals surface area (Å²) in [5.41, 5.74) is -0.195. The molecule has 0 saturated carbocycles. The highest BCUT2D eigenvalue weighted by molar-refractivity contribution is 5.77. The largest absolute Gasteiger partial charge is 0.363 e. The van der Waals surface area contributed by atoms with E-state index < -0.39 is 17.7 Å². The molecule has 1 atom stereocenters. The molecule has 6 heteroatoms. The molecule has 0 aliphatic carbocycles. The van der Waals surface area contributed by atoms with Gasteiger partial charge in [-0.2, -0.15) is 0 Å². The summed E-state index contributed by atoms with van der Waals surface area (Å²) in [6, 6.07) is 2.55. The van der Waals surface area contributed by atoms with Gasteiger partial charge in [-0.25, -0.2) is 8.78 Å². The molecule has 1 heterocycles. The van der Waals surface area contributed by atoms with Gasteiger partial charge in [0.2, 0.25) is 5.91 Å². The molecule has 1 aliphatic rings. The second-order valence-corrected chi connectivity index (χ2v) is 5.30. The molecule has 2 rings (SSSR count). The number of carbonyl (C=O) groups is 1. The zero-order valence-corrected chi connectivity index (χ0v) is 11.5. The van der Waals surface area contributed by atoms with Gasteiger partial charge in [0.25, 0.3) is 0 Å². The number of nitrogens with one attached hydrogen (secondary N) is 2. The number of rotatable bonds is 5. The van der Waals surface area contributed by atoms with Gasteiger partial charge in [-0.05, 0) is 32.0 Å². The number of carbonyl (C=O) groups excluding carboxylic acids is 1. The van der Waals surface area contributed by atoms with E-state index in [2.05, 4.69) is 10.6 Å². The molecule has 1 saturated heterocycles. The number of halogens is 2. The number of amides is 1. The van der Waals surface area contributed by atoms with Gasteiger partial charge in [-0.15, -0.1) is 0 Å². The first-order valence-corrected chi connectivity index (χ1v) is 6.49. The van der Waals surface area contributed by atoms with E-state index in [0.29, 0.717) is 13.1 Å². The Morgan fingerprint density at radius 2 is 2.20 bits per heavy atom. The highest BCUT2D eigenvalue weighted by atomic mass is 19.1. The van der Waals surface area contributed by atoms with E-state index in [1.165, 1.54) is 0 Å². The smallest absolute Gasteiger partial charge is 0.246 e. The van der Waals surface area contributed by atoms with Crippen LogP contribution in [0.3, 0.4) is 0 Å². The SMILES string of the molecule is CC(NC(=O)COC1(C)CNC1)c1cc(F)ccc1F. The minimum absolute atomic E-state index is 0.0978. The Labute approximate surface area is 116 Å². The number of hydrogen-bond acceptors (Lipinski definition) is 3. The third-order valence-corrected chi connectivity index (χ3v) is 3.35. The van der Waals surface area contributed by atoms with Crippen molar-refractivity contribution in [1.82, 2.24) is 10.6 Å². The molecule has 1 aromatic carbocycles. The van der Waals surface area contributed by atoms with Gasteiger partial charge in [-0.3, -0.25) is 4.79 Å². The first kappa shape index (κ1) is 14.9. The Bertz CT molecular complexity index is 504. The van der Waals surface area contributed by atoms with Crippen molar-refractivity contribution in [3.63, 3.8) is 0 Å². The molecule has 20 heavy (non-hydrogen) atoms. The van der Waals surface area contributed by atoms with Crippen LogP contribution in [-0.2, 0) is 9.53 Å². The van der Waals surface area contributed by atoms with Crippen molar-refractivity contribution in [2.24, 2.45) is 0 Å². The molecule has 0 aromatic heterocycles. The molecule has 1 fully saturated rings. The highest BCUT2D eigenvalue weighted by Crippen LogP contribution is 2.18. The normalized spacial score (nSPS) is 18.2. The van der Waals surface area contributed by atoms with Crippen LogP contribution in [-0.4, -0.2) is 31.2 Å². The third kappa shape index (κ3) is 3.52. The van der Waals surface area contributed by atoms with Crippen molar-refractivity contribution >= 4 is 5.91 Å². The second kappa shape index (κ2) is 5.85. The van der Waals surface area contributed by atoms with E-state index in [0.717, 1.165) is 18.2 Å². The zero-order chi connectivity index (χ0) is 14.8. The lowest BCUT2D eigenvalue weighted by Crippen LogP contribution is -2.59. The van der Waals surface area contributed by atoms with Gasteiger partial charge in [0.1, 0.15) is 18.2 Å². The van der Waals surface area contributed by atoms with Crippen molar-refractivity contribution in [3.8, 4) is 0 Å². The molecular weight excluding hydrogens is 266 g/mol. The highest BCUT2D eigenvalue weighted by Gasteiger charge is 2.33. The van der Waals surface area contributed by atoms with Crippen LogP contribution in [0.15, 0.2) is 18.2 Å². The van der Waals surface area contributed by atoms with Crippen LogP contribution in [0.4, 0.5) is 8.78 Å². The second-order valence-electron chi connectivity index (χ2n) is 5.30. The van der Waals surface area contributed by atoms with Crippen molar-refractivity contribution in [2.75, 3.05) is 19.7 Å². The molecule has 0 spiro atoms. The number of benzene rings is 1. The lowest BCUT2D eigenvalue weighted by Gasteiger charge is -2.38. The minimum Gasteiger partial charge on any atom is -0.363 e. The average molecular weight is 284 g/mol. The monoisotopic (exact) mass is 284 g/mol. The van der Waals surface area contributed by atoms with Gasteiger partial charge in [0, 0.05) is 18.7 Å². The molecule has 4 nitrogen and oxygen atoms in total. The molecular formula is C14H18F2N2O2. The van der Waals surface area contributed by atoms with Crippen LogP contribution in [0, 0.1) is 11.6 Å². The molecule has 1 aromatic rings. The quantitative estimate of drug-likeness (QED) is 0.862. The fourth-order valence-electron chi connectivity index (χ4n) is 2.03. The van der Waals surface area contributed by atoms with Gasteiger partial charge >= 0.3 is 0 Å². The standard InChI is InChI=1S/C14H18F2N2O2/c1-9(11-5-10(15)3-4-12(11)16)18-13(19)6-20-14(2)7-17-8-14/h3-5,9,17H,6-8H2,1-2H3,(H,18,19). The molecule has 0 bridgehead atoms. The van der Waals surface area contributed by atoms with E-state index in [4.69, 9.17) is 4.74 Å². The Balaban J connectivity index is 1.88. The zero-order valence-electron chi connectivity index (χ0n) is 11.5. The Morgan fingerprint density at radius 3 is 2.80 bits per heavy atom. The number of ether oxygens (including phenoxy) is 1. The summed E-state index contributed by atoms with van der Waals surface area (Å²) in [6.07, 6.45) is 0. The van der Waals surface area contributed by atoms with E-state index in [9.17, 15) is 13.6 Å². The maximum absolute atomic E-state index is 13.6. The predicted molar refractivity (Wildman–Crippen MR) is 70.1 cm³/mol. The van der Waals surface area contributed by atoms with E-state index >= 15 is 0 Å².